The number of carbonyl (C=O) groups excluding carboxylic acids is 2. The van der Waals surface area contributed by atoms with Crippen molar-refractivity contribution < 1.29 is 18.8 Å². The number of ether oxygens (including phenoxy) is 1. The van der Waals surface area contributed by atoms with Crippen LogP contribution in [0.15, 0.2) is 10.7 Å². The Balaban J connectivity index is 2.68. The van der Waals surface area contributed by atoms with Gasteiger partial charge in [0, 0.05) is 11.3 Å². The molecule has 0 saturated carbocycles. The van der Waals surface area contributed by atoms with Crippen LogP contribution in [0.3, 0.4) is 0 Å². The molecule has 1 atom stereocenters. The van der Waals surface area contributed by atoms with Crippen LogP contribution >= 0.6 is 23.5 Å². The highest BCUT2D eigenvalue weighted by Gasteiger charge is 2.53. The molecule has 0 unspecified atom stereocenters. The summed E-state index contributed by atoms with van der Waals surface area (Å²) in [5, 5.41) is 0. The molecule has 0 heterocycles. The summed E-state index contributed by atoms with van der Waals surface area (Å²) in [6.45, 7) is 10.6. The van der Waals surface area contributed by atoms with Crippen molar-refractivity contribution in [1.82, 2.24) is 0 Å². The largest absolute Gasteiger partial charge is 0.555 e. The van der Waals surface area contributed by atoms with Gasteiger partial charge in [0.1, 0.15) is 5.76 Å². The van der Waals surface area contributed by atoms with Gasteiger partial charge in [-0.2, -0.15) is 11.8 Å². The first-order chi connectivity index (χ1) is 11.1. The fourth-order valence-corrected chi connectivity index (χ4v) is 6.15. The molecule has 0 aromatic rings. The molecule has 0 amide bonds. The maximum absolute atomic E-state index is 12.9. The van der Waals surface area contributed by atoms with Gasteiger partial charge in [-0.05, 0) is 23.3 Å². The third-order valence-corrected chi connectivity index (χ3v) is 6.84. The van der Waals surface area contributed by atoms with Gasteiger partial charge in [-0.15, -0.1) is 11.8 Å². The predicted molar refractivity (Wildman–Crippen MR) is 106 cm³/mol. The summed E-state index contributed by atoms with van der Waals surface area (Å²) in [6, 6.07) is 0. The van der Waals surface area contributed by atoms with Gasteiger partial charge in [0.15, 0.2) is 5.78 Å². The lowest BCUT2D eigenvalue weighted by molar-refractivity contribution is -0.137. The molecule has 138 valence electrons. The number of allylic oxidation sites excluding steroid dienone is 2. The van der Waals surface area contributed by atoms with Crippen LogP contribution in [0.1, 0.15) is 41.0 Å². The Morgan fingerprint density at radius 2 is 1.92 bits per heavy atom. The van der Waals surface area contributed by atoms with Gasteiger partial charge in [-0.1, -0.05) is 34.6 Å². The average molecular weight is 391 g/mol. The van der Waals surface area contributed by atoms with Crippen molar-refractivity contribution in [2.75, 3.05) is 24.4 Å². The Bertz CT molecular complexity index is 509. The van der Waals surface area contributed by atoms with Gasteiger partial charge in [0.25, 0.3) is 0 Å². The second-order valence-electron chi connectivity index (χ2n) is 7.58. The number of rotatable bonds is 8. The molecule has 0 aromatic carbocycles. The molecule has 0 bridgehead atoms. The van der Waals surface area contributed by atoms with Crippen LogP contribution in [0.2, 0.25) is 0 Å². The van der Waals surface area contributed by atoms with Gasteiger partial charge in [-0.25, -0.2) is 0 Å². The van der Waals surface area contributed by atoms with Gasteiger partial charge in [0.2, 0.25) is 10.5 Å². The zero-order valence-corrected chi connectivity index (χ0v) is 19.5. The van der Waals surface area contributed by atoms with Crippen molar-refractivity contribution >= 4 is 45.8 Å². The standard InChI is InChI=1S/C17H30O4S2Si/c1-16(2,3)14-12(21-24)13(15(19)17(14,4)5)23-9-7-8-22-10-11(18)20-6/h14H,7-10H2,1-6,24H3/t14-/m1/s1. The molecule has 4 nitrogen and oxygen atoms in total. The Hall–Kier alpha value is -0.403. The first-order valence-electron chi connectivity index (χ1n) is 8.17. The second kappa shape index (κ2) is 8.81. The first kappa shape index (κ1) is 21.6. The van der Waals surface area contributed by atoms with E-state index in [0.29, 0.717) is 16.2 Å². The molecule has 7 heteroatoms. The normalized spacial score (nSPS) is 20.6. The topological polar surface area (TPSA) is 52.6 Å². The number of thioether (sulfide) groups is 2. The van der Waals surface area contributed by atoms with Crippen molar-refractivity contribution in [2.45, 2.75) is 41.0 Å². The average Bonchev–Trinajstić information content (AvgIpc) is 2.69. The number of hydrogen-bond acceptors (Lipinski definition) is 6. The second-order valence-corrected chi connectivity index (χ2v) is 10.2. The molecule has 1 aliphatic carbocycles. The van der Waals surface area contributed by atoms with Crippen LogP contribution in [0.4, 0.5) is 0 Å². The molecule has 0 N–H and O–H groups in total. The number of Topliss-reactive ketones (excluding diaryl/α,β-unsaturated/α-hetero) is 1. The van der Waals surface area contributed by atoms with Crippen molar-refractivity contribution in [3.05, 3.63) is 10.7 Å². The molecule has 0 spiro atoms. The van der Waals surface area contributed by atoms with E-state index in [-0.39, 0.29) is 23.1 Å². The van der Waals surface area contributed by atoms with E-state index >= 15 is 0 Å². The minimum atomic E-state index is -0.417. The molecule has 0 aromatic heterocycles. The van der Waals surface area contributed by atoms with E-state index in [9.17, 15) is 9.59 Å². The van der Waals surface area contributed by atoms with Crippen LogP contribution < -0.4 is 0 Å². The van der Waals surface area contributed by atoms with Gasteiger partial charge in [0.05, 0.1) is 17.8 Å². The highest BCUT2D eigenvalue weighted by molar-refractivity contribution is 8.04. The number of hydrogen-bond donors (Lipinski definition) is 0. The number of carbonyl (C=O) groups is 2. The number of esters is 1. The zero-order chi connectivity index (χ0) is 18.5. The molecule has 0 fully saturated rings. The van der Waals surface area contributed by atoms with E-state index in [1.165, 1.54) is 7.11 Å². The lowest BCUT2D eigenvalue weighted by Crippen LogP contribution is -2.36. The van der Waals surface area contributed by atoms with E-state index in [2.05, 4.69) is 25.5 Å². The number of methoxy groups -OCH3 is 1. The van der Waals surface area contributed by atoms with Crippen molar-refractivity contribution in [1.29, 1.82) is 0 Å². The summed E-state index contributed by atoms with van der Waals surface area (Å²) in [5.74, 6) is 3.16. The Labute approximate surface area is 157 Å². The third kappa shape index (κ3) is 5.05. The molecule has 0 radical (unpaired) electrons. The maximum Gasteiger partial charge on any atom is 0.315 e. The quantitative estimate of drug-likeness (QED) is 0.361. The summed E-state index contributed by atoms with van der Waals surface area (Å²) >= 11 is 3.18. The highest BCUT2D eigenvalue weighted by atomic mass is 32.2. The summed E-state index contributed by atoms with van der Waals surface area (Å²) in [6.07, 6.45) is 0.943. The summed E-state index contributed by atoms with van der Waals surface area (Å²) in [5.41, 5.74) is -0.433. The van der Waals surface area contributed by atoms with E-state index < -0.39 is 5.41 Å². The lowest BCUT2D eigenvalue weighted by Gasteiger charge is -2.37. The summed E-state index contributed by atoms with van der Waals surface area (Å²) < 4.78 is 10.4. The van der Waals surface area contributed by atoms with Crippen LogP contribution in [0.5, 0.6) is 0 Å². The monoisotopic (exact) mass is 390 g/mol. The molecule has 0 saturated heterocycles. The van der Waals surface area contributed by atoms with Crippen LogP contribution in [0, 0.1) is 16.7 Å². The van der Waals surface area contributed by atoms with Crippen molar-refractivity contribution in [3.8, 4) is 0 Å². The van der Waals surface area contributed by atoms with E-state index in [1.807, 2.05) is 13.8 Å². The molecule has 24 heavy (non-hydrogen) atoms. The molecule has 0 aliphatic heterocycles. The zero-order valence-electron chi connectivity index (χ0n) is 15.9. The molecule has 1 aliphatic rings. The summed E-state index contributed by atoms with van der Waals surface area (Å²) in [4.78, 5) is 24.8. The van der Waals surface area contributed by atoms with E-state index in [1.54, 1.807) is 23.5 Å². The Kier molecular flexibility index (Phi) is 7.94. The molecular weight excluding hydrogens is 360 g/mol. The first-order valence-corrected chi connectivity index (χ1v) is 11.1. The lowest BCUT2D eigenvalue weighted by atomic mass is 9.67. The SMILES string of the molecule is COC(=O)CSCCCSC1=C(O[SiH3])[C@H](C(C)(C)C)C(C)(C)C1=O. The smallest absolute Gasteiger partial charge is 0.315 e. The Morgan fingerprint density at radius 3 is 2.42 bits per heavy atom. The van der Waals surface area contributed by atoms with Crippen LogP contribution in [0.25, 0.3) is 0 Å². The van der Waals surface area contributed by atoms with Gasteiger partial charge >= 0.3 is 5.97 Å². The summed E-state index contributed by atoms with van der Waals surface area (Å²) in [7, 11) is 1.99. The molecule has 1 rings (SSSR count). The predicted octanol–water partition coefficient (Wildman–Crippen LogP) is 2.80. The Morgan fingerprint density at radius 1 is 1.29 bits per heavy atom. The third-order valence-electron chi connectivity index (χ3n) is 4.21. The minimum Gasteiger partial charge on any atom is -0.555 e. The molecular formula is C17H30O4S2Si. The van der Waals surface area contributed by atoms with E-state index in [4.69, 9.17) is 4.43 Å². The van der Waals surface area contributed by atoms with Crippen molar-refractivity contribution in [3.63, 3.8) is 0 Å². The van der Waals surface area contributed by atoms with Gasteiger partial charge < -0.3 is 9.16 Å². The van der Waals surface area contributed by atoms with Crippen LogP contribution in [-0.2, 0) is 18.8 Å². The van der Waals surface area contributed by atoms with Crippen molar-refractivity contribution in [2.24, 2.45) is 16.7 Å². The fraction of sp³-hybridized carbons (Fsp3) is 0.765. The maximum atomic E-state index is 12.9. The number of ketones is 1. The van der Waals surface area contributed by atoms with E-state index in [0.717, 1.165) is 28.6 Å². The highest BCUT2D eigenvalue weighted by Crippen LogP contribution is 2.54. The minimum absolute atomic E-state index is 0.0163. The van der Waals surface area contributed by atoms with Gasteiger partial charge in [-0.3, -0.25) is 9.59 Å². The van der Waals surface area contributed by atoms with Crippen LogP contribution in [-0.4, -0.2) is 46.6 Å². The fourth-order valence-electron chi connectivity index (χ4n) is 3.37.